The van der Waals surface area contributed by atoms with Crippen LogP contribution in [0.25, 0.3) is 0 Å². The molecule has 1 aliphatic heterocycles. The van der Waals surface area contributed by atoms with Gasteiger partial charge in [-0.3, -0.25) is 4.79 Å². The van der Waals surface area contributed by atoms with E-state index in [0.29, 0.717) is 0 Å². The molecule has 0 bridgehead atoms. The van der Waals surface area contributed by atoms with E-state index in [4.69, 9.17) is 0 Å². The molecule has 3 N–H and O–H groups in total. The van der Waals surface area contributed by atoms with Crippen molar-refractivity contribution in [2.75, 3.05) is 23.7 Å². The molecular weight excluding hydrogens is 250 g/mol. The third-order valence-corrected chi connectivity index (χ3v) is 3.67. The van der Waals surface area contributed by atoms with Gasteiger partial charge in [-0.15, -0.1) is 0 Å². The summed E-state index contributed by atoms with van der Waals surface area (Å²) in [5.41, 5.74) is 2.68. The Kier molecular flexibility index (Phi) is 5.27. The minimum absolute atomic E-state index is 0.0158. The van der Waals surface area contributed by atoms with Crippen molar-refractivity contribution in [3.8, 4) is 0 Å². The molecule has 1 heterocycles. The van der Waals surface area contributed by atoms with Gasteiger partial charge in [0, 0.05) is 19.1 Å². The maximum atomic E-state index is 12.4. The first-order chi connectivity index (χ1) is 9.72. The van der Waals surface area contributed by atoms with Crippen LogP contribution in [-0.4, -0.2) is 25.0 Å². The Morgan fingerprint density at radius 3 is 2.90 bits per heavy atom. The fraction of sp³-hybridized carbons (Fsp3) is 0.562. The largest absolute Gasteiger partial charge is 0.382 e. The van der Waals surface area contributed by atoms with Gasteiger partial charge in [-0.05, 0) is 25.5 Å². The zero-order chi connectivity index (χ0) is 14.4. The molecule has 1 aliphatic rings. The maximum Gasteiger partial charge on any atom is 0.253 e. The molecular formula is C16H25N3O. The number of fused-ring (bicyclic) bond motifs is 1. The number of unbranched alkanes of at least 4 members (excludes halogenated alkanes) is 2. The van der Waals surface area contributed by atoms with Gasteiger partial charge in [0.25, 0.3) is 5.91 Å². The molecule has 0 aliphatic carbocycles. The first-order valence-corrected chi connectivity index (χ1v) is 7.64. The fourth-order valence-corrected chi connectivity index (χ4v) is 2.54. The molecule has 0 saturated carbocycles. The van der Waals surface area contributed by atoms with Crippen LogP contribution in [0.3, 0.4) is 0 Å². The van der Waals surface area contributed by atoms with E-state index in [0.717, 1.165) is 36.4 Å². The lowest BCUT2D eigenvalue weighted by Gasteiger charge is -2.23. The number of benzene rings is 1. The van der Waals surface area contributed by atoms with Crippen LogP contribution in [-0.2, 0) is 0 Å². The lowest BCUT2D eigenvalue weighted by Crippen LogP contribution is -2.34. The van der Waals surface area contributed by atoms with Crippen LogP contribution in [0.15, 0.2) is 18.2 Å². The number of amides is 1. The van der Waals surface area contributed by atoms with Crippen LogP contribution in [0.5, 0.6) is 0 Å². The first-order valence-electron chi connectivity index (χ1n) is 7.64. The molecule has 1 unspecified atom stereocenters. The van der Waals surface area contributed by atoms with E-state index in [2.05, 4.69) is 29.8 Å². The molecule has 0 saturated heterocycles. The van der Waals surface area contributed by atoms with E-state index in [1.807, 2.05) is 18.2 Å². The Labute approximate surface area is 121 Å². The number of hydrogen-bond donors (Lipinski definition) is 3. The average Bonchev–Trinajstić information content (AvgIpc) is 2.47. The van der Waals surface area contributed by atoms with Crippen LogP contribution in [0.4, 0.5) is 11.4 Å². The first kappa shape index (κ1) is 14.7. The highest BCUT2D eigenvalue weighted by molar-refractivity contribution is 6.02. The third kappa shape index (κ3) is 3.65. The number of rotatable bonds is 6. The number of hydrogen-bond acceptors (Lipinski definition) is 3. The van der Waals surface area contributed by atoms with Gasteiger partial charge in [0.1, 0.15) is 0 Å². The highest BCUT2D eigenvalue weighted by atomic mass is 16.1. The lowest BCUT2D eigenvalue weighted by atomic mass is 10.1. The van der Waals surface area contributed by atoms with E-state index < -0.39 is 0 Å². The van der Waals surface area contributed by atoms with Gasteiger partial charge in [0.15, 0.2) is 0 Å². The zero-order valence-corrected chi connectivity index (χ0v) is 12.5. The summed E-state index contributed by atoms with van der Waals surface area (Å²) < 4.78 is 0. The van der Waals surface area contributed by atoms with Crippen LogP contribution in [0.2, 0.25) is 0 Å². The number of para-hydroxylation sites is 1. The van der Waals surface area contributed by atoms with Crippen LogP contribution < -0.4 is 16.0 Å². The van der Waals surface area contributed by atoms with Gasteiger partial charge in [-0.2, -0.15) is 0 Å². The summed E-state index contributed by atoms with van der Waals surface area (Å²) in [6, 6.07) is 6.03. The zero-order valence-electron chi connectivity index (χ0n) is 12.5. The Bertz CT molecular complexity index is 459. The molecule has 110 valence electrons. The van der Waals surface area contributed by atoms with Crippen molar-refractivity contribution in [1.82, 2.24) is 5.32 Å². The number of anilines is 2. The molecule has 1 atom stereocenters. The van der Waals surface area contributed by atoms with Crippen molar-refractivity contribution in [2.24, 2.45) is 0 Å². The van der Waals surface area contributed by atoms with Crippen molar-refractivity contribution in [2.45, 2.75) is 45.6 Å². The van der Waals surface area contributed by atoms with Gasteiger partial charge < -0.3 is 16.0 Å². The average molecular weight is 275 g/mol. The Hall–Kier alpha value is -1.71. The minimum Gasteiger partial charge on any atom is -0.382 e. The summed E-state index contributed by atoms with van der Waals surface area (Å²) in [7, 11) is 0. The van der Waals surface area contributed by atoms with Crippen LogP contribution in [0, 0.1) is 0 Å². The summed E-state index contributed by atoms with van der Waals surface area (Å²) in [5.74, 6) is 0.0158. The number of carbonyl (C=O) groups is 1. The van der Waals surface area contributed by atoms with Gasteiger partial charge in [0.05, 0.1) is 16.9 Å². The second-order valence-electron chi connectivity index (χ2n) is 5.45. The third-order valence-electron chi connectivity index (χ3n) is 3.67. The topological polar surface area (TPSA) is 53.2 Å². The van der Waals surface area contributed by atoms with E-state index in [9.17, 15) is 4.79 Å². The summed E-state index contributed by atoms with van der Waals surface area (Å²) in [6.07, 6.45) is 4.65. The maximum absolute atomic E-state index is 12.4. The molecule has 0 aromatic heterocycles. The fourth-order valence-electron chi connectivity index (χ4n) is 2.54. The van der Waals surface area contributed by atoms with Crippen LogP contribution in [0.1, 0.15) is 49.9 Å². The van der Waals surface area contributed by atoms with Gasteiger partial charge in [-0.1, -0.05) is 32.3 Å². The molecule has 20 heavy (non-hydrogen) atoms. The lowest BCUT2D eigenvalue weighted by molar-refractivity contribution is 0.0938. The summed E-state index contributed by atoms with van der Waals surface area (Å²) in [4.78, 5) is 12.4. The van der Waals surface area contributed by atoms with Crippen molar-refractivity contribution in [3.05, 3.63) is 23.8 Å². The van der Waals surface area contributed by atoms with Crippen molar-refractivity contribution in [1.29, 1.82) is 0 Å². The van der Waals surface area contributed by atoms with Crippen LogP contribution >= 0.6 is 0 Å². The molecule has 0 spiro atoms. The Morgan fingerprint density at radius 1 is 1.30 bits per heavy atom. The summed E-state index contributed by atoms with van der Waals surface area (Å²) in [5, 5.41) is 9.72. The van der Waals surface area contributed by atoms with Crippen molar-refractivity contribution in [3.63, 3.8) is 0 Å². The second-order valence-corrected chi connectivity index (χ2v) is 5.45. The Balaban J connectivity index is 1.99. The standard InChI is InChI=1S/C16H25N3O/c1-3-4-5-7-12(2)19-16(20)13-8-6-9-14-15(13)18-11-10-17-14/h6,8-9,12,17-18H,3-5,7,10-11H2,1-2H3,(H,19,20). The predicted molar refractivity (Wildman–Crippen MR) is 84.5 cm³/mol. The molecule has 0 radical (unpaired) electrons. The van der Waals surface area contributed by atoms with E-state index in [1.165, 1.54) is 19.3 Å². The monoisotopic (exact) mass is 275 g/mol. The molecule has 1 amide bonds. The predicted octanol–water partition coefficient (Wildman–Crippen LogP) is 3.22. The molecule has 4 nitrogen and oxygen atoms in total. The quantitative estimate of drug-likeness (QED) is 0.699. The van der Waals surface area contributed by atoms with Gasteiger partial charge in [-0.25, -0.2) is 0 Å². The highest BCUT2D eigenvalue weighted by Gasteiger charge is 2.18. The molecule has 1 aromatic rings. The SMILES string of the molecule is CCCCCC(C)NC(=O)c1cccc2c1NCCN2. The highest BCUT2D eigenvalue weighted by Crippen LogP contribution is 2.28. The number of carbonyl (C=O) groups excluding carboxylic acids is 1. The molecule has 2 rings (SSSR count). The number of nitrogens with one attached hydrogen (secondary N) is 3. The van der Waals surface area contributed by atoms with Crippen molar-refractivity contribution >= 4 is 17.3 Å². The smallest absolute Gasteiger partial charge is 0.253 e. The van der Waals surface area contributed by atoms with Gasteiger partial charge >= 0.3 is 0 Å². The van der Waals surface area contributed by atoms with E-state index in [1.54, 1.807) is 0 Å². The second kappa shape index (κ2) is 7.17. The normalized spacial score (nSPS) is 14.7. The van der Waals surface area contributed by atoms with E-state index in [-0.39, 0.29) is 11.9 Å². The summed E-state index contributed by atoms with van der Waals surface area (Å²) >= 11 is 0. The minimum atomic E-state index is 0.0158. The molecule has 0 fully saturated rings. The van der Waals surface area contributed by atoms with E-state index >= 15 is 0 Å². The van der Waals surface area contributed by atoms with Gasteiger partial charge in [0.2, 0.25) is 0 Å². The molecule has 1 aromatic carbocycles. The Morgan fingerprint density at radius 2 is 2.10 bits per heavy atom. The van der Waals surface area contributed by atoms with Crippen molar-refractivity contribution < 1.29 is 4.79 Å². The molecule has 4 heteroatoms. The summed E-state index contributed by atoms with van der Waals surface area (Å²) in [6.45, 7) is 6.02.